The molecular weight excluding hydrogens is 220 g/mol. The molecule has 0 spiro atoms. The van der Waals surface area contributed by atoms with Crippen LogP contribution in [0.5, 0.6) is 0 Å². The lowest BCUT2D eigenvalue weighted by molar-refractivity contribution is -0.00559. The molecule has 0 unspecified atom stereocenters. The smallest absolute Gasteiger partial charge is 0.338 e. The van der Waals surface area contributed by atoms with Gasteiger partial charge in [-0.15, -0.1) is 6.58 Å². The Kier molecular flexibility index (Phi) is 5.99. The minimum atomic E-state index is -0.817. The molecule has 0 aliphatic heterocycles. The summed E-state index contributed by atoms with van der Waals surface area (Å²) in [5.74, 6) is -0.451. The highest BCUT2D eigenvalue weighted by molar-refractivity contribution is 5.89. The fourth-order valence-corrected chi connectivity index (χ4v) is 1.16. The number of hydrogen-bond donors (Lipinski definition) is 1. The zero-order valence-electron chi connectivity index (χ0n) is 9.54. The van der Waals surface area contributed by atoms with Gasteiger partial charge in [0, 0.05) is 0 Å². The highest BCUT2D eigenvalue weighted by Gasteiger charge is 2.10. The van der Waals surface area contributed by atoms with Gasteiger partial charge >= 0.3 is 5.97 Å². The first-order valence-corrected chi connectivity index (χ1v) is 5.33. The Morgan fingerprint density at radius 2 is 2.06 bits per heavy atom. The number of aliphatic hydroxyl groups is 1. The van der Waals surface area contributed by atoms with Crippen LogP contribution in [0, 0.1) is 0 Å². The number of ether oxygens (including phenoxy) is 2. The zero-order valence-corrected chi connectivity index (χ0v) is 9.54. The van der Waals surface area contributed by atoms with Crippen LogP contribution in [-0.2, 0) is 9.47 Å². The standard InChI is InChI=1S/C13H16O4/c1-2-8-16-9-12(14)10-17-13(15)11-6-4-3-5-7-11/h2-7,12,14H,1,8-10H2/t12-/m1/s1. The van der Waals surface area contributed by atoms with E-state index in [9.17, 15) is 9.90 Å². The van der Waals surface area contributed by atoms with Crippen molar-refractivity contribution in [1.82, 2.24) is 0 Å². The Hall–Kier alpha value is -1.65. The average molecular weight is 236 g/mol. The van der Waals surface area contributed by atoms with Gasteiger partial charge in [0.1, 0.15) is 12.7 Å². The van der Waals surface area contributed by atoms with E-state index in [-0.39, 0.29) is 13.2 Å². The van der Waals surface area contributed by atoms with Crippen molar-refractivity contribution in [2.45, 2.75) is 6.10 Å². The molecule has 0 heterocycles. The quantitative estimate of drug-likeness (QED) is 0.442. The molecule has 0 radical (unpaired) electrons. The van der Waals surface area contributed by atoms with E-state index in [1.165, 1.54) is 0 Å². The molecule has 0 amide bonds. The lowest BCUT2D eigenvalue weighted by Gasteiger charge is -2.11. The van der Waals surface area contributed by atoms with Gasteiger partial charge in [0.25, 0.3) is 0 Å². The van der Waals surface area contributed by atoms with Crippen LogP contribution in [0.25, 0.3) is 0 Å². The number of carbonyl (C=O) groups excluding carboxylic acids is 1. The third-order valence-electron chi connectivity index (χ3n) is 1.96. The average Bonchev–Trinajstić information content (AvgIpc) is 2.37. The molecule has 92 valence electrons. The molecule has 0 aliphatic rings. The van der Waals surface area contributed by atoms with Gasteiger partial charge in [-0.25, -0.2) is 4.79 Å². The first-order valence-electron chi connectivity index (χ1n) is 5.33. The summed E-state index contributed by atoms with van der Waals surface area (Å²) in [4.78, 5) is 11.5. The van der Waals surface area contributed by atoms with Gasteiger partial charge in [-0.1, -0.05) is 24.3 Å². The highest BCUT2D eigenvalue weighted by atomic mass is 16.5. The van der Waals surface area contributed by atoms with Gasteiger partial charge in [0.15, 0.2) is 0 Å². The van der Waals surface area contributed by atoms with Gasteiger partial charge in [-0.05, 0) is 12.1 Å². The fourth-order valence-electron chi connectivity index (χ4n) is 1.16. The summed E-state index contributed by atoms with van der Waals surface area (Å²) in [7, 11) is 0. The first kappa shape index (κ1) is 13.4. The summed E-state index contributed by atoms with van der Waals surface area (Å²) >= 11 is 0. The highest BCUT2D eigenvalue weighted by Crippen LogP contribution is 2.01. The molecule has 1 N–H and O–H groups in total. The van der Waals surface area contributed by atoms with Crippen LogP contribution >= 0.6 is 0 Å². The summed E-state index contributed by atoms with van der Waals surface area (Å²) in [6.07, 6.45) is 0.769. The first-order chi connectivity index (χ1) is 8.24. The number of benzene rings is 1. The number of esters is 1. The van der Waals surface area contributed by atoms with Crippen molar-refractivity contribution < 1.29 is 19.4 Å². The van der Waals surface area contributed by atoms with Gasteiger partial charge in [0.05, 0.1) is 18.8 Å². The fraction of sp³-hybridized carbons (Fsp3) is 0.308. The molecule has 1 aromatic rings. The second kappa shape index (κ2) is 7.60. The SMILES string of the molecule is C=CCOC[C@@H](O)COC(=O)c1ccccc1. The second-order valence-corrected chi connectivity index (χ2v) is 3.44. The number of rotatable bonds is 7. The maximum absolute atomic E-state index is 11.5. The molecule has 1 rings (SSSR count). The lowest BCUT2D eigenvalue weighted by atomic mass is 10.2. The normalized spacial score (nSPS) is 11.8. The van der Waals surface area contributed by atoms with Crippen LogP contribution in [-0.4, -0.2) is 37.0 Å². The van der Waals surface area contributed by atoms with Crippen LogP contribution < -0.4 is 0 Å². The maximum atomic E-state index is 11.5. The molecule has 1 atom stereocenters. The molecule has 0 fully saturated rings. The van der Waals surface area contributed by atoms with Crippen LogP contribution in [0.1, 0.15) is 10.4 Å². The van der Waals surface area contributed by atoms with Crippen molar-refractivity contribution in [3.63, 3.8) is 0 Å². The maximum Gasteiger partial charge on any atom is 0.338 e. The Balaban J connectivity index is 2.26. The van der Waals surface area contributed by atoms with Crippen LogP contribution in [0.15, 0.2) is 43.0 Å². The van der Waals surface area contributed by atoms with E-state index in [1.807, 2.05) is 6.07 Å². The third-order valence-corrected chi connectivity index (χ3v) is 1.96. The van der Waals surface area contributed by atoms with Crippen LogP contribution in [0.2, 0.25) is 0 Å². The van der Waals surface area contributed by atoms with E-state index in [1.54, 1.807) is 30.3 Å². The molecule has 0 saturated carbocycles. The monoisotopic (exact) mass is 236 g/mol. The molecule has 4 heteroatoms. The predicted octanol–water partition coefficient (Wildman–Crippen LogP) is 1.41. The van der Waals surface area contributed by atoms with Gasteiger partial charge in [-0.3, -0.25) is 0 Å². The van der Waals surface area contributed by atoms with Crippen molar-refractivity contribution in [1.29, 1.82) is 0 Å². The summed E-state index contributed by atoms with van der Waals surface area (Å²) in [5.41, 5.74) is 0.465. The van der Waals surface area contributed by atoms with Crippen molar-refractivity contribution in [3.05, 3.63) is 48.6 Å². The zero-order chi connectivity index (χ0) is 12.5. The van der Waals surface area contributed by atoms with E-state index in [2.05, 4.69) is 6.58 Å². The Bertz CT molecular complexity index is 348. The van der Waals surface area contributed by atoms with Crippen molar-refractivity contribution >= 4 is 5.97 Å². The Morgan fingerprint density at radius 3 is 2.71 bits per heavy atom. The van der Waals surface area contributed by atoms with Crippen molar-refractivity contribution in [2.75, 3.05) is 19.8 Å². The van der Waals surface area contributed by atoms with E-state index >= 15 is 0 Å². The van der Waals surface area contributed by atoms with Gasteiger partial charge in [0.2, 0.25) is 0 Å². The van der Waals surface area contributed by atoms with Crippen molar-refractivity contribution in [2.24, 2.45) is 0 Å². The molecule has 0 bridgehead atoms. The Morgan fingerprint density at radius 1 is 1.35 bits per heavy atom. The summed E-state index contributed by atoms with van der Waals surface area (Å²) in [6.45, 7) is 3.88. The lowest BCUT2D eigenvalue weighted by Crippen LogP contribution is -2.23. The number of hydrogen-bond acceptors (Lipinski definition) is 4. The van der Waals surface area contributed by atoms with Crippen molar-refractivity contribution in [3.8, 4) is 0 Å². The van der Waals surface area contributed by atoms with E-state index in [0.717, 1.165) is 0 Å². The predicted molar refractivity (Wildman–Crippen MR) is 63.7 cm³/mol. The van der Waals surface area contributed by atoms with Crippen LogP contribution in [0.3, 0.4) is 0 Å². The molecule has 17 heavy (non-hydrogen) atoms. The largest absolute Gasteiger partial charge is 0.459 e. The Labute approximate surface area is 100 Å². The molecule has 0 aromatic heterocycles. The summed E-state index contributed by atoms with van der Waals surface area (Å²) in [6, 6.07) is 8.63. The topological polar surface area (TPSA) is 55.8 Å². The molecular formula is C13H16O4. The van der Waals surface area contributed by atoms with Gasteiger partial charge < -0.3 is 14.6 Å². The molecule has 4 nitrogen and oxygen atoms in total. The van der Waals surface area contributed by atoms with Gasteiger partial charge in [-0.2, -0.15) is 0 Å². The molecule has 0 aliphatic carbocycles. The van der Waals surface area contributed by atoms with E-state index < -0.39 is 12.1 Å². The third kappa shape index (κ3) is 5.29. The molecule has 0 saturated heterocycles. The summed E-state index contributed by atoms with van der Waals surface area (Å²) in [5, 5.41) is 9.44. The van der Waals surface area contributed by atoms with E-state index in [0.29, 0.717) is 12.2 Å². The number of carbonyl (C=O) groups is 1. The van der Waals surface area contributed by atoms with Crippen LogP contribution in [0.4, 0.5) is 0 Å². The van der Waals surface area contributed by atoms with E-state index in [4.69, 9.17) is 9.47 Å². The molecule has 1 aromatic carbocycles. The minimum absolute atomic E-state index is 0.0785. The number of aliphatic hydroxyl groups excluding tert-OH is 1. The minimum Gasteiger partial charge on any atom is -0.459 e. The second-order valence-electron chi connectivity index (χ2n) is 3.44. The summed E-state index contributed by atoms with van der Waals surface area (Å²) < 4.78 is 9.95.